The fourth-order valence-electron chi connectivity index (χ4n) is 1.72. The number of nitrogens with one attached hydrogen (secondary N) is 1. The molecule has 0 aliphatic heterocycles. The van der Waals surface area contributed by atoms with Gasteiger partial charge in [0.05, 0.1) is 5.56 Å². The molecule has 2 rings (SSSR count). The number of nitriles is 1. The van der Waals surface area contributed by atoms with E-state index in [-0.39, 0.29) is 5.56 Å². The van der Waals surface area contributed by atoms with E-state index in [0.717, 1.165) is 18.5 Å². The monoisotopic (exact) mass is 290 g/mol. The van der Waals surface area contributed by atoms with Crippen molar-refractivity contribution in [1.82, 2.24) is 9.97 Å². The van der Waals surface area contributed by atoms with E-state index in [9.17, 15) is 4.39 Å². The van der Waals surface area contributed by atoms with E-state index in [4.69, 9.17) is 16.9 Å². The number of anilines is 2. The molecule has 0 aliphatic carbocycles. The van der Waals surface area contributed by atoms with Crippen LogP contribution in [-0.2, 0) is 6.42 Å². The van der Waals surface area contributed by atoms with Crippen molar-refractivity contribution in [2.45, 2.75) is 19.8 Å². The number of nitrogens with zero attached hydrogens (tertiary/aromatic N) is 3. The summed E-state index contributed by atoms with van der Waals surface area (Å²) in [6.45, 7) is 2.04. The maximum atomic E-state index is 13.2. The molecule has 0 fully saturated rings. The molecule has 1 aromatic heterocycles. The highest BCUT2D eigenvalue weighted by Gasteiger charge is 2.06. The van der Waals surface area contributed by atoms with Gasteiger partial charge in [-0.1, -0.05) is 24.9 Å². The lowest BCUT2D eigenvalue weighted by Gasteiger charge is -2.07. The fraction of sp³-hybridized carbons (Fsp3) is 0.214. The average molecular weight is 291 g/mol. The predicted molar refractivity (Wildman–Crippen MR) is 75.4 cm³/mol. The van der Waals surface area contributed by atoms with Gasteiger partial charge >= 0.3 is 0 Å². The number of halogens is 2. The first-order valence-corrected chi connectivity index (χ1v) is 6.50. The van der Waals surface area contributed by atoms with E-state index in [1.54, 1.807) is 12.1 Å². The second-order valence-corrected chi connectivity index (χ2v) is 4.57. The molecule has 0 saturated heterocycles. The SMILES string of the molecule is CCCc1cc(Cl)nc(Nc2ccc(F)c(C#N)c2)n1. The molecule has 0 aliphatic rings. The molecule has 1 aromatic carbocycles. The van der Waals surface area contributed by atoms with Crippen LogP contribution in [0.1, 0.15) is 24.6 Å². The maximum absolute atomic E-state index is 13.2. The summed E-state index contributed by atoms with van der Waals surface area (Å²) in [6.07, 6.45) is 1.74. The summed E-state index contributed by atoms with van der Waals surface area (Å²) in [5, 5.41) is 12.1. The molecule has 1 N–H and O–H groups in total. The van der Waals surface area contributed by atoms with Gasteiger partial charge in [0.25, 0.3) is 0 Å². The predicted octanol–water partition coefficient (Wildman–Crippen LogP) is 3.84. The number of aromatic nitrogens is 2. The van der Waals surface area contributed by atoms with Gasteiger partial charge in [0, 0.05) is 11.4 Å². The van der Waals surface area contributed by atoms with Crippen molar-refractivity contribution < 1.29 is 4.39 Å². The number of aryl methyl sites for hydroxylation is 1. The van der Waals surface area contributed by atoms with E-state index in [0.29, 0.717) is 16.8 Å². The molecule has 0 bridgehead atoms. The zero-order valence-corrected chi connectivity index (χ0v) is 11.6. The standard InChI is InChI=1S/C14H12ClFN4/c1-2-3-10-7-13(15)20-14(18-10)19-11-4-5-12(16)9(6-11)8-17/h4-7H,2-3H2,1H3,(H,18,19,20). The van der Waals surface area contributed by atoms with E-state index >= 15 is 0 Å². The molecule has 1 heterocycles. The summed E-state index contributed by atoms with van der Waals surface area (Å²) in [5.41, 5.74) is 1.33. The second kappa shape index (κ2) is 6.31. The Labute approximate surface area is 121 Å². The van der Waals surface area contributed by atoms with Gasteiger partial charge in [-0.05, 0) is 30.7 Å². The Balaban J connectivity index is 2.28. The molecule has 0 spiro atoms. The molecule has 0 radical (unpaired) electrons. The average Bonchev–Trinajstić information content (AvgIpc) is 2.40. The second-order valence-electron chi connectivity index (χ2n) is 4.19. The van der Waals surface area contributed by atoms with Gasteiger partial charge in [0.1, 0.15) is 17.0 Å². The third-order valence-corrected chi connectivity index (χ3v) is 2.79. The molecular formula is C14H12ClFN4. The van der Waals surface area contributed by atoms with E-state index < -0.39 is 5.82 Å². The molecule has 4 nitrogen and oxygen atoms in total. The third kappa shape index (κ3) is 3.43. The topological polar surface area (TPSA) is 61.6 Å². The number of benzene rings is 1. The number of rotatable bonds is 4. The molecule has 20 heavy (non-hydrogen) atoms. The van der Waals surface area contributed by atoms with Crippen LogP contribution in [0.5, 0.6) is 0 Å². The molecule has 0 saturated carbocycles. The van der Waals surface area contributed by atoms with Crippen LogP contribution in [0.15, 0.2) is 24.3 Å². The summed E-state index contributed by atoms with van der Waals surface area (Å²) in [5.74, 6) is -0.229. The molecule has 102 valence electrons. The van der Waals surface area contributed by atoms with Crippen molar-refractivity contribution in [3.8, 4) is 6.07 Å². The Morgan fingerprint density at radius 2 is 2.15 bits per heavy atom. The van der Waals surface area contributed by atoms with E-state index in [1.165, 1.54) is 18.2 Å². The van der Waals surface area contributed by atoms with E-state index in [2.05, 4.69) is 15.3 Å². The Kier molecular flexibility index (Phi) is 4.49. The van der Waals surface area contributed by atoms with Crippen LogP contribution in [0.25, 0.3) is 0 Å². The van der Waals surface area contributed by atoms with Crippen LogP contribution in [-0.4, -0.2) is 9.97 Å². The third-order valence-electron chi connectivity index (χ3n) is 2.60. The Hall–Kier alpha value is -2.19. The first-order chi connectivity index (χ1) is 9.62. The number of hydrogen-bond donors (Lipinski definition) is 1. The van der Waals surface area contributed by atoms with E-state index in [1.807, 2.05) is 6.92 Å². The van der Waals surface area contributed by atoms with Crippen molar-refractivity contribution in [3.63, 3.8) is 0 Å². The van der Waals surface area contributed by atoms with Gasteiger partial charge in [0.15, 0.2) is 0 Å². The highest BCUT2D eigenvalue weighted by molar-refractivity contribution is 6.29. The fourth-order valence-corrected chi connectivity index (χ4v) is 1.93. The van der Waals surface area contributed by atoms with Crippen LogP contribution >= 0.6 is 11.6 Å². The maximum Gasteiger partial charge on any atom is 0.228 e. The zero-order valence-electron chi connectivity index (χ0n) is 10.8. The van der Waals surface area contributed by atoms with Gasteiger partial charge in [-0.3, -0.25) is 0 Å². The van der Waals surface area contributed by atoms with Crippen molar-refractivity contribution in [1.29, 1.82) is 5.26 Å². The lowest BCUT2D eigenvalue weighted by Crippen LogP contribution is -2.01. The molecule has 0 amide bonds. The Bertz CT molecular complexity index is 667. The summed E-state index contributed by atoms with van der Waals surface area (Å²) in [6, 6.07) is 7.63. The zero-order chi connectivity index (χ0) is 14.5. The minimum Gasteiger partial charge on any atom is -0.324 e. The van der Waals surface area contributed by atoms with Crippen LogP contribution in [0.2, 0.25) is 5.15 Å². The smallest absolute Gasteiger partial charge is 0.228 e. The van der Waals surface area contributed by atoms with Gasteiger partial charge in [-0.25, -0.2) is 14.4 Å². The quantitative estimate of drug-likeness (QED) is 0.869. The molecular weight excluding hydrogens is 279 g/mol. The summed E-state index contributed by atoms with van der Waals surface area (Å²) in [4.78, 5) is 8.37. The van der Waals surface area contributed by atoms with Crippen LogP contribution in [0, 0.1) is 17.1 Å². The summed E-state index contributed by atoms with van der Waals surface area (Å²) < 4.78 is 13.2. The minimum atomic E-state index is -0.559. The van der Waals surface area contributed by atoms with Crippen molar-refractivity contribution >= 4 is 23.2 Å². The Morgan fingerprint density at radius 3 is 2.85 bits per heavy atom. The lowest BCUT2D eigenvalue weighted by atomic mass is 10.2. The lowest BCUT2D eigenvalue weighted by molar-refractivity contribution is 0.624. The minimum absolute atomic E-state index is 0.0363. The molecule has 6 heteroatoms. The summed E-state index contributed by atoms with van der Waals surface area (Å²) >= 11 is 5.93. The van der Waals surface area contributed by atoms with Crippen LogP contribution in [0.4, 0.5) is 16.0 Å². The highest BCUT2D eigenvalue weighted by atomic mass is 35.5. The molecule has 0 unspecified atom stereocenters. The first-order valence-electron chi connectivity index (χ1n) is 6.12. The van der Waals surface area contributed by atoms with Crippen LogP contribution < -0.4 is 5.32 Å². The van der Waals surface area contributed by atoms with Crippen LogP contribution in [0.3, 0.4) is 0 Å². The van der Waals surface area contributed by atoms with Gasteiger partial charge in [-0.15, -0.1) is 0 Å². The molecule has 2 aromatic rings. The summed E-state index contributed by atoms with van der Waals surface area (Å²) in [7, 11) is 0. The first kappa shape index (κ1) is 14.2. The number of hydrogen-bond acceptors (Lipinski definition) is 4. The largest absolute Gasteiger partial charge is 0.324 e. The normalized spacial score (nSPS) is 10.1. The van der Waals surface area contributed by atoms with Gasteiger partial charge < -0.3 is 5.32 Å². The van der Waals surface area contributed by atoms with Crippen molar-refractivity contribution in [2.24, 2.45) is 0 Å². The van der Waals surface area contributed by atoms with Crippen molar-refractivity contribution in [2.75, 3.05) is 5.32 Å². The van der Waals surface area contributed by atoms with Gasteiger partial charge in [-0.2, -0.15) is 5.26 Å². The Morgan fingerprint density at radius 1 is 1.35 bits per heavy atom. The van der Waals surface area contributed by atoms with Gasteiger partial charge in [0.2, 0.25) is 5.95 Å². The highest BCUT2D eigenvalue weighted by Crippen LogP contribution is 2.19. The van der Waals surface area contributed by atoms with Crippen molar-refractivity contribution in [3.05, 3.63) is 46.5 Å². The molecule has 0 atom stereocenters.